The average Bonchev–Trinajstić information content (AvgIpc) is 3.99. The van der Waals surface area contributed by atoms with Gasteiger partial charge in [-0.15, -0.1) is 0 Å². The number of fused-ring (bicyclic) bond motifs is 2. The van der Waals surface area contributed by atoms with E-state index in [0.29, 0.717) is 24.7 Å². The summed E-state index contributed by atoms with van der Waals surface area (Å²) < 4.78 is 0. The van der Waals surface area contributed by atoms with Crippen LogP contribution in [-0.4, -0.2) is 118 Å². The molecule has 15 nitrogen and oxygen atoms in total. The van der Waals surface area contributed by atoms with Crippen LogP contribution in [0.1, 0.15) is 77.1 Å². The third-order valence-electron chi connectivity index (χ3n) is 11.3. The summed E-state index contributed by atoms with van der Waals surface area (Å²) in [4.78, 5) is 78.0. The SMILES string of the molecule is CC(C)[C@@H](C(=O)N1CCC[C@H]1c1nc2cc(-c3ccc(-c4ccc5[nH]c([C@@H]6CCCN6C(=O)[C@H](C(C)C)N(C)C(=O)O)nc5c4)nc3)ccc2[nH]1)N(C)C(=O)O. The fourth-order valence-electron chi connectivity index (χ4n) is 8.44. The van der Waals surface area contributed by atoms with Gasteiger partial charge >= 0.3 is 12.2 Å². The molecule has 4 atom stereocenters. The highest BCUT2D eigenvalue weighted by Crippen LogP contribution is 2.36. The number of pyridine rings is 1. The van der Waals surface area contributed by atoms with Crippen LogP contribution in [0.15, 0.2) is 54.7 Å². The van der Waals surface area contributed by atoms with Gasteiger partial charge in [-0.3, -0.25) is 24.4 Å². The van der Waals surface area contributed by atoms with Gasteiger partial charge in [0.05, 0.1) is 39.8 Å². The maximum absolute atomic E-state index is 13.7. The van der Waals surface area contributed by atoms with Crippen LogP contribution in [0.3, 0.4) is 0 Å². The van der Waals surface area contributed by atoms with Crippen molar-refractivity contribution in [3.8, 4) is 22.4 Å². The molecule has 5 aromatic rings. The Balaban J connectivity index is 1.08. The van der Waals surface area contributed by atoms with Gasteiger partial charge in [-0.05, 0) is 73.4 Å². The van der Waals surface area contributed by atoms with Crippen LogP contribution in [0.2, 0.25) is 0 Å². The Labute approximate surface area is 324 Å². The van der Waals surface area contributed by atoms with Crippen LogP contribution in [0.5, 0.6) is 0 Å². The summed E-state index contributed by atoms with van der Waals surface area (Å²) in [6.07, 6.45) is 2.64. The lowest BCUT2D eigenvalue weighted by Gasteiger charge is -2.33. The summed E-state index contributed by atoms with van der Waals surface area (Å²) in [5.41, 5.74) is 6.72. The van der Waals surface area contributed by atoms with Crippen LogP contribution >= 0.6 is 0 Å². The van der Waals surface area contributed by atoms with E-state index in [9.17, 15) is 29.4 Å². The Morgan fingerprint density at radius 3 is 1.55 bits per heavy atom. The predicted octanol–water partition coefficient (Wildman–Crippen LogP) is 6.76. The van der Waals surface area contributed by atoms with Crippen LogP contribution in [0.4, 0.5) is 9.59 Å². The lowest BCUT2D eigenvalue weighted by atomic mass is 10.0. The van der Waals surface area contributed by atoms with E-state index >= 15 is 0 Å². The molecule has 0 saturated carbocycles. The summed E-state index contributed by atoms with van der Waals surface area (Å²) >= 11 is 0. The zero-order valence-electron chi connectivity index (χ0n) is 32.6. The molecule has 3 aromatic heterocycles. The first-order valence-corrected chi connectivity index (χ1v) is 19.2. The largest absolute Gasteiger partial charge is 0.465 e. The summed E-state index contributed by atoms with van der Waals surface area (Å²) in [7, 11) is 2.89. The number of likely N-dealkylation sites (tertiary alicyclic amines) is 2. The zero-order valence-corrected chi connectivity index (χ0v) is 32.6. The number of nitrogens with zero attached hydrogens (tertiary/aromatic N) is 7. The molecule has 0 spiro atoms. The van der Waals surface area contributed by atoms with Crippen LogP contribution in [0.25, 0.3) is 44.5 Å². The van der Waals surface area contributed by atoms with E-state index in [1.165, 1.54) is 14.1 Å². The minimum atomic E-state index is -1.13. The highest BCUT2D eigenvalue weighted by molar-refractivity contribution is 5.88. The molecule has 0 aliphatic carbocycles. The number of nitrogens with one attached hydrogen (secondary N) is 2. The fraction of sp³-hybridized carbons (Fsp3) is 0.439. The van der Waals surface area contributed by atoms with Crippen molar-refractivity contribution in [3.63, 3.8) is 0 Å². The minimum Gasteiger partial charge on any atom is -0.465 e. The van der Waals surface area contributed by atoms with E-state index in [0.717, 1.165) is 79.9 Å². The lowest BCUT2D eigenvalue weighted by Crippen LogP contribution is -2.51. The standard InChI is InChI=1S/C41H49N9O6/c1-22(2)34(47(5)40(53)54)38(51)49-17-7-9-32(49)36-43-28-15-11-24(19-30(28)45-36)26-13-14-27(42-21-26)25-12-16-29-31(20-25)46-37(44-29)33-10-8-18-50(33)39(52)35(23(3)4)48(6)41(55)56/h11-16,19-23,32-35H,7-10,17-18H2,1-6H3,(H,43,45)(H,44,46)(H,53,54)(H,55,56)/t32-,33-,34-,35-/m0/s1. The van der Waals surface area contributed by atoms with Gasteiger partial charge in [-0.25, -0.2) is 19.6 Å². The molecule has 0 radical (unpaired) electrons. The van der Waals surface area contributed by atoms with Crippen molar-refractivity contribution in [3.05, 3.63) is 66.4 Å². The summed E-state index contributed by atoms with van der Waals surface area (Å²) in [6, 6.07) is 13.8. The molecular formula is C41H49N9O6. The molecule has 0 bridgehead atoms. The van der Waals surface area contributed by atoms with Crippen LogP contribution in [-0.2, 0) is 9.59 Å². The average molecular weight is 764 g/mol. The van der Waals surface area contributed by atoms with Crippen LogP contribution < -0.4 is 0 Å². The number of aromatic nitrogens is 5. The Morgan fingerprint density at radius 2 is 1.12 bits per heavy atom. The first kappa shape index (κ1) is 38.3. The second-order valence-corrected chi connectivity index (χ2v) is 15.7. The number of rotatable bonds is 10. The second kappa shape index (κ2) is 15.3. The quantitative estimate of drug-likeness (QED) is 0.119. The third kappa shape index (κ3) is 7.13. The third-order valence-corrected chi connectivity index (χ3v) is 11.3. The molecule has 4 amide bonds. The number of H-pyrrole nitrogens is 2. The van der Waals surface area contributed by atoms with Gasteiger partial charge < -0.3 is 30.0 Å². The van der Waals surface area contributed by atoms with Gasteiger partial charge in [0.25, 0.3) is 0 Å². The van der Waals surface area contributed by atoms with Crippen molar-refractivity contribution in [1.29, 1.82) is 0 Å². The maximum atomic E-state index is 13.7. The number of imidazole rings is 2. The summed E-state index contributed by atoms with van der Waals surface area (Å²) in [6.45, 7) is 8.51. The van der Waals surface area contributed by atoms with Gasteiger partial charge in [0, 0.05) is 44.5 Å². The molecule has 0 unspecified atom stereocenters. The molecule has 15 heteroatoms. The normalized spacial score (nSPS) is 18.3. The van der Waals surface area contributed by atoms with Gasteiger partial charge in [-0.2, -0.15) is 0 Å². The summed E-state index contributed by atoms with van der Waals surface area (Å²) in [5, 5.41) is 19.2. The lowest BCUT2D eigenvalue weighted by molar-refractivity contribution is -0.139. The van der Waals surface area contributed by atoms with Gasteiger partial charge in [0.1, 0.15) is 23.7 Å². The summed E-state index contributed by atoms with van der Waals surface area (Å²) in [5.74, 6) is 0.582. The fourth-order valence-corrected chi connectivity index (χ4v) is 8.44. The maximum Gasteiger partial charge on any atom is 0.407 e. The van der Waals surface area contributed by atoms with Gasteiger partial charge in [0.15, 0.2) is 0 Å². The van der Waals surface area contributed by atoms with Crippen molar-refractivity contribution in [1.82, 2.24) is 44.5 Å². The molecule has 7 rings (SSSR count). The van der Waals surface area contributed by atoms with Crippen molar-refractivity contribution in [2.45, 2.75) is 77.5 Å². The first-order valence-electron chi connectivity index (χ1n) is 19.2. The molecule has 2 aliphatic heterocycles. The predicted molar refractivity (Wildman–Crippen MR) is 211 cm³/mol. The molecule has 2 aromatic carbocycles. The Morgan fingerprint density at radius 1 is 0.679 bits per heavy atom. The number of carbonyl (C=O) groups is 4. The van der Waals surface area contributed by atoms with Crippen molar-refractivity contribution >= 4 is 46.1 Å². The number of benzene rings is 2. The van der Waals surface area contributed by atoms with Crippen molar-refractivity contribution in [2.24, 2.45) is 11.8 Å². The van der Waals surface area contributed by atoms with E-state index in [2.05, 4.69) is 9.97 Å². The molecule has 294 valence electrons. The highest BCUT2D eigenvalue weighted by atomic mass is 16.4. The molecule has 2 saturated heterocycles. The van der Waals surface area contributed by atoms with Crippen LogP contribution in [0, 0.1) is 11.8 Å². The first-order chi connectivity index (χ1) is 26.7. The number of hydrogen-bond acceptors (Lipinski definition) is 7. The second-order valence-electron chi connectivity index (χ2n) is 15.7. The zero-order chi connectivity index (χ0) is 40.0. The van der Waals surface area contributed by atoms with E-state index in [1.54, 1.807) is 9.80 Å². The number of amides is 4. The minimum absolute atomic E-state index is 0.185. The smallest absolute Gasteiger partial charge is 0.407 e. The van der Waals surface area contributed by atoms with E-state index in [1.807, 2.05) is 82.4 Å². The highest BCUT2D eigenvalue weighted by Gasteiger charge is 2.41. The van der Waals surface area contributed by atoms with Gasteiger partial charge in [0.2, 0.25) is 11.8 Å². The molecule has 2 aliphatic rings. The molecule has 5 heterocycles. The molecule has 2 fully saturated rings. The number of likely N-dealkylation sites (N-methyl/N-ethyl adjacent to an activating group) is 2. The van der Waals surface area contributed by atoms with E-state index in [4.69, 9.17) is 15.0 Å². The monoisotopic (exact) mass is 763 g/mol. The number of aromatic amines is 2. The number of carboxylic acid groups (broad SMARTS) is 2. The van der Waals surface area contributed by atoms with Crippen molar-refractivity contribution in [2.75, 3.05) is 27.2 Å². The topological polar surface area (TPSA) is 192 Å². The van der Waals surface area contributed by atoms with Gasteiger partial charge in [-0.1, -0.05) is 45.9 Å². The molecule has 56 heavy (non-hydrogen) atoms. The van der Waals surface area contributed by atoms with Crippen molar-refractivity contribution < 1.29 is 29.4 Å². The Hall–Kier alpha value is -5.99. The number of hydrogen-bond donors (Lipinski definition) is 4. The Bertz CT molecular complexity index is 2120. The Kier molecular flexibility index (Phi) is 10.4. The molecular weight excluding hydrogens is 715 g/mol. The van der Waals surface area contributed by atoms with E-state index < -0.39 is 24.3 Å². The van der Waals surface area contributed by atoms with E-state index in [-0.39, 0.29) is 35.7 Å². The number of carbonyl (C=O) groups excluding carboxylic acids is 2. The molecule has 4 N–H and O–H groups in total.